The predicted octanol–water partition coefficient (Wildman–Crippen LogP) is 3.90. The third-order valence-electron chi connectivity index (χ3n) is 3.11. The van der Waals surface area contributed by atoms with Crippen molar-refractivity contribution in [2.75, 3.05) is 6.54 Å². The molecule has 0 radical (unpaired) electrons. The molecule has 0 unspecified atom stereocenters. The molecule has 0 fully saturated rings. The molecule has 0 saturated carbocycles. The van der Waals surface area contributed by atoms with E-state index in [1.165, 1.54) is 0 Å². The molecule has 0 aliphatic rings. The average Bonchev–Trinajstić information content (AvgIpc) is 2.52. The van der Waals surface area contributed by atoms with E-state index in [4.69, 9.17) is 21.6 Å². The molecule has 0 saturated heterocycles. The Morgan fingerprint density at radius 3 is 2.76 bits per heavy atom. The van der Waals surface area contributed by atoms with Crippen LogP contribution in [-0.4, -0.2) is 6.54 Å². The van der Waals surface area contributed by atoms with Crippen LogP contribution in [0.3, 0.4) is 0 Å². The molecular formula is C17H17ClN2O. The lowest BCUT2D eigenvalue weighted by molar-refractivity contribution is 0.302. The van der Waals surface area contributed by atoms with Crippen LogP contribution in [0.5, 0.6) is 5.75 Å². The molecular weight excluding hydrogens is 284 g/mol. The van der Waals surface area contributed by atoms with E-state index in [1.807, 2.05) is 43.3 Å². The summed E-state index contributed by atoms with van der Waals surface area (Å²) in [5, 5.41) is 13.0. The molecule has 4 heteroatoms. The predicted molar refractivity (Wildman–Crippen MR) is 84.3 cm³/mol. The molecule has 0 aromatic heterocycles. The van der Waals surface area contributed by atoms with E-state index in [2.05, 4.69) is 11.4 Å². The Bertz CT molecular complexity index is 649. The summed E-state index contributed by atoms with van der Waals surface area (Å²) >= 11 is 6.03. The molecule has 2 aromatic rings. The topological polar surface area (TPSA) is 45.0 Å². The van der Waals surface area contributed by atoms with Crippen LogP contribution < -0.4 is 10.1 Å². The molecule has 3 nitrogen and oxygen atoms in total. The number of nitrogens with zero attached hydrogens (tertiary/aromatic N) is 1. The van der Waals surface area contributed by atoms with Crippen molar-refractivity contribution in [2.45, 2.75) is 20.1 Å². The van der Waals surface area contributed by atoms with Crippen LogP contribution in [0, 0.1) is 11.3 Å². The molecule has 0 spiro atoms. The molecule has 0 aliphatic heterocycles. The van der Waals surface area contributed by atoms with Crippen LogP contribution in [-0.2, 0) is 13.2 Å². The van der Waals surface area contributed by atoms with E-state index in [9.17, 15) is 0 Å². The highest BCUT2D eigenvalue weighted by Crippen LogP contribution is 2.24. The van der Waals surface area contributed by atoms with Crippen molar-refractivity contribution >= 4 is 11.6 Å². The van der Waals surface area contributed by atoms with Crippen molar-refractivity contribution in [3.05, 3.63) is 64.2 Å². The third kappa shape index (κ3) is 4.22. The lowest BCUT2D eigenvalue weighted by atomic mass is 10.1. The second kappa shape index (κ2) is 7.68. The summed E-state index contributed by atoms with van der Waals surface area (Å²) in [6.07, 6.45) is 0. The van der Waals surface area contributed by atoms with Gasteiger partial charge in [-0.05, 0) is 30.8 Å². The number of nitrogens with one attached hydrogen (secondary N) is 1. The first-order chi connectivity index (χ1) is 10.2. The fourth-order valence-electron chi connectivity index (χ4n) is 2.00. The second-order valence-corrected chi connectivity index (χ2v) is 5.03. The fraction of sp³-hybridized carbons (Fsp3) is 0.235. The molecule has 0 aliphatic carbocycles. The van der Waals surface area contributed by atoms with Gasteiger partial charge in [0.1, 0.15) is 12.4 Å². The zero-order valence-corrected chi connectivity index (χ0v) is 12.7. The number of benzene rings is 2. The first-order valence-corrected chi connectivity index (χ1v) is 7.22. The van der Waals surface area contributed by atoms with Crippen molar-refractivity contribution in [3.8, 4) is 11.8 Å². The molecule has 21 heavy (non-hydrogen) atoms. The van der Waals surface area contributed by atoms with E-state index in [-0.39, 0.29) is 0 Å². The number of halogens is 1. The summed E-state index contributed by atoms with van der Waals surface area (Å²) in [4.78, 5) is 0. The monoisotopic (exact) mass is 300 g/mol. The Kier molecular flexibility index (Phi) is 5.62. The molecule has 0 atom stereocenters. The highest BCUT2D eigenvalue weighted by atomic mass is 35.5. The van der Waals surface area contributed by atoms with Crippen LogP contribution in [0.1, 0.15) is 23.6 Å². The van der Waals surface area contributed by atoms with Gasteiger partial charge in [-0.1, -0.05) is 36.7 Å². The zero-order valence-electron chi connectivity index (χ0n) is 11.9. The summed E-state index contributed by atoms with van der Waals surface area (Å²) in [5.41, 5.74) is 2.53. The van der Waals surface area contributed by atoms with Gasteiger partial charge >= 0.3 is 0 Å². The molecule has 2 aromatic carbocycles. The Balaban J connectivity index is 2.14. The van der Waals surface area contributed by atoms with Crippen LogP contribution in [0.4, 0.5) is 0 Å². The number of nitriles is 1. The normalized spacial score (nSPS) is 10.1. The lowest BCUT2D eigenvalue weighted by Gasteiger charge is -2.13. The van der Waals surface area contributed by atoms with Crippen molar-refractivity contribution in [3.63, 3.8) is 0 Å². The van der Waals surface area contributed by atoms with Gasteiger partial charge in [0.05, 0.1) is 11.6 Å². The van der Waals surface area contributed by atoms with Crippen molar-refractivity contribution in [1.82, 2.24) is 5.32 Å². The van der Waals surface area contributed by atoms with Gasteiger partial charge in [-0.2, -0.15) is 5.26 Å². The number of hydrogen-bond donors (Lipinski definition) is 1. The molecule has 108 valence electrons. The first kappa shape index (κ1) is 15.4. The second-order valence-electron chi connectivity index (χ2n) is 4.59. The Labute approximate surface area is 130 Å². The summed E-state index contributed by atoms with van der Waals surface area (Å²) in [7, 11) is 0. The van der Waals surface area contributed by atoms with Gasteiger partial charge < -0.3 is 10.1 Å². The maximum Gasteiger partial charge on any atom is 0.124 e. The van der Waals surface area contributed by atoms with Gasteiger partial charge in [-0.25, -0.2) is 0 Å². The zero-order chi connectivity index (χ0) is 15.1. The lowest BCUT2D eigenvalue weighted by Crippen LogP contribution is -2.13. The van der Waals surface area contributed by atoms with E-state index < -0.39 is 0 Å². The minimum Gasteiger partial charge on any atom is -0.489 e. The van der Waals surface area contributed by atoms with E-state index in [1.54, 1.807) is 6.07 Å². The quantitative estimate of drug-likeness (QED) is 0.880. The first-order valence-electron chi connectivity index (χ1n) is 6.84. The van der Waals surface area contributed by atoms with Gasteiger partial charge in [-0.15, -0.1) is 0 Å². The molecule has 0 amide bonds. The maximum atomic E-state index is 9.09. The van der Waals surface area contributed by atoms with Gasteiger partial charge in [0.2, 0.25) is 0 Å². The van der Waals surface area contributed by atoms with Crippen LogP contribution >= 0.6 is 11.6 Å². The van der Waals surface area contributed by atoms with Gasteiger partial charge in [-0.3, -0.25) is 0 Å². The molecule has 2 rings (SSSR count). The van der Waals surface area contributed by atoms with Crippen LogP contribution in [0.2, 0.25) is 5.02 Å². The smallest absolute Gasteiger partial charge is 0.124 e. The Morgan fingerprint density at radius 2 is 2.00 bits per heavy atom. The molecule has 0 heterocycles. The van der Waals surface area contributed by atoms with Crippen molar-refractivity contribution in [1.29, 1.82) is 5.26 Å². The van der Waals surface area contributed by atoms with E-state index in [0.717, 1.165) is 23.4 Å². The minimum absolute atomic E-state index is 0.366. The number of hydrogen-bond acceptors (Lipinski definition) is 3. The number of rotatable bonds is 6. The van der Waals surface area contributed by atoms with Gasteiger partial charge in [0, 0.05) is 22.7 Å². The highest BCUT2D eigenvalue weighted by molar-refractivity contribution is 6.30. The largest absolute Gasteiger partial charge is 0.489 e. The fourth-order valence-corrected chi connectivity index (χ4v) is 2.19. The third-order valence-corrected chi connectivity index (χ3v) is 3.34. The molecule has 0 bridgehead atoms. The van der Waals surface area contributed by atoms with Crippen LogP contribution in [0.15, 0.2) is 42.5 Å². The molecule has 1 N–H and O–H groups in total. The van der Waals surface area contributed by atoms with E-state index >= 15 is 0 Å². The van der Waals surface area contributed by atoms with E-state index in [0.29, 0.717) is 23.7 Å². The number of ether oxygens (including phenoxy) is 1. The van der Waals surface area contributed by atoms with Gasteiger partial charge in [0.15, 0.2) is 0 Å². The standard InChI is InChI=1S/C17H17ClN2O/c1-2-20-11-15-9-16(18)7-8-17(15)21-12-14-6-4-3-5-13(14)10-19/h3-9,20H,2,11-12H2,1H3. The summed E-state index contributed by atoms with van der Waals surface area (Å²) in [6, 6.07) is 15.2. The SMILES string of the molecule is CCNCc1cc(Cl)ccc1OCc1ccccc1C#N. The Morgan fingerprint density at radius 1 is 1.19 bits per heavy atom. The summed E-state index contributed by atoms with van der Waals surface area (Å²) in [6.45, 7) is 3.99. The minimum atomic E-state index is 0.366. The summed E-state index contributed by atoms with van der Waals surface area (Å²) in [5.74, 6) is 0.785. The van der Waals surface area contributed by atoms with Crippen molar-refractivity contribution in [2.24, 2.45) is 0 Å². The van der Waals surface area contributed by atoms with Crippen molar-refractivity contribution < 1.29 is 4.74 Å². The average molecular weight is 301 g/mol. The summed E-state index contributed by atoms with van der Waals surface area (Å²) < 4.78 is 5.87. The maximum absolute atomic E-state index is 9.09. The highest BCUT2D eigenvalue weighted by Gasteiger charge is 2.07. The Hall–Kier alpha value is -2.02. The van der Waals surface area contributed by atoms with Gasteiger partial charge in [0.25, 0.3) is 0 Å². The van der Waals surface area contributed by atoms with Crippen LogP contribution in [0.25, 0.3) is 0 Å².